The van der Waals surface area contributed by atoms with Crippen molar-refractivity contribution >= 4 is 5.91 Å². The van der Waals surface area contributed by atoms with E-state index < -0.39 is 6.04 Å². The molecule has 0 aromatic rings. The highest BCUT2D eigenvalue weighted by Gasteiger charge is 2.23. The third-order valence-corrected chi connectivity index (χ3v) is 3.07. The Hall–Kier alpha value is -0.610. The average Bonchev–Trinajstić information content (AvgIpc) is 2.28. The zero-order valence-corrected chi connectivity index (χ0v) is 9.66. The molecule has 3 N–H and O–H groups in total. The van der Waals surface area contributed by atoms with Crippen LogP contribution in [0.4, 0.5) is 0 Å². The minimum atomic E-state index is -0.392. The first-order chi connectivity index (χ1) is 7.15. The first-order valence-electron chi connectivity index (χ1n) is 5.78. The van der Waals surface area contributed by atoms with Gasteiger partial charge in [-0.2, -0.15) is 0 Å². The number of hydrogen-bond acceptors (Lipinski definition) is 3. The molecule has 1 rings (SSSR count). The van der Waals surface area contributed by atoms with Gasteiger partial charge >= 0.3 is 0 Å². The number of nitrogens with one attached hydrogen (secondary N) is 1. The highest BCUT2D eigenvalue weighted by Crippen LogP contribution is 2.09. The maximum atomic E-state index is 11.7. The van der Waals surface area contributed by atoms with Crippen molar-refractivity contribution in [3.05, 3.63) is 0 Å². The summed E-state index contributed by atoms with van der Waals surface area (Å²) in [5.41, 5.74) is 5.84. The Morgan fingerprint density at radius 2 is 2.40 bits per heavy atom. The van der Waals surface area contributed by atoms with Crippen LogP contribution in [0.3, 0.4) is 0 Å². The molecule has 88 valence electrons. The SMILES string of the molecule is CCC(C)[C@H](N)C(=O)NC1CCCOC1. The Bertz CT molecular complexity index is 203. The maximum absolute atomic E-state index is 11.7. The molecular formula is C11H22N2O2. The van der Waals surface area contributed by atoms with Crippen molar-refractivity contribution in [3.8, 4) is 0 Å². The Morgan fingerprint density at radius 3 is 2.93 bits per heavy atom. The van der Waals surface area contributed by atoms with Gasteiger partial charge in [0.2, 0.25) is 5.91 Å². The molecule has 1 heterocycles. The minimum Gasteiger partial charge on any atom is -0.379 e. The van der Waals surface area contributed by atoms with Crippen LogP contribution < -0.4 is 11.1 Å². The van der Waals surface area contributed by atoms with Gasteiger partial charge in [-0.05, 0) is 18.8 Å². The molecule has 0 aromatic carbocycles. The Balaban J connectivity index is 2.33. The smallest absolute Gasteiger partial charge is 0.237 e. The summed E-state index contributed by atoms with van der Waals surface area (Å²) in [4.78, 5) is 11.7. The molecule has 1 aliphatic heterocycles. The van der Waals surface area contributed by atoms with Crippen LogP contribution in [0, 0.1) is 5.92 Å². The van der Waals surface area contributed by atoms with E-state index in [4.69, 9.17) is 10.5 Å². The van der Waals surface area contributed by atoms with E-state index in [0.29, 0.717) is 6.61 Å². The lowest BCUT2D eigenvalue weighted by Gasteiger charge is -2.26. The maximum Gasteiger partial charge on any atom is 0.237 e. The van der Waals surface area contributed by atoms with Crippen LogP contribution in [-0.4, -0.2) is 31.2 Å². The summed E-state index contributed by atoms with van der Waals surface area (Å²) in [7, 11) is 0. The van der Waals surface area contributed by atoms with Gasteiger partial charge in [0.1, 0.15) is 0 Å². The number of ether oxygens (including phenoxy) is 1. The quantitative estimate of drug-likeness (QED) is 0.722. The number of nitrogens with two attached hydrogens (primary N) is 1. The van der Waals surface area contributed by atoms with Crippen LogP contribution in [0.1, 0.15) is 33.1 Å². The first kappa shape index (κ1) is 12.5. The van der Waals surface area contributed by atoms with Crippen molar-refractivity contribution in [2.45, 2.75) is 45.2 Å². The summed E-state index contributed by atoms with van der Waals surface area (Å²) < 4.78 is 5.29. The van der Waals surface area contributed by atoms with Gasteiger partial charge in [-0.1, -0.05) is 20.3 Å². The highest BCUT2D eigenvalue weighted by atomic mass is 16.5. The number of rotatable bonds is 4. The predicted molar refractivity (Wildman–Crippen MR) is 59.4 cm³/mol. The molecule has 4 heteroatoms. The van der Waals surface area contributed by atoms with E-state index in [9.17, 15) is 4.79 Å². The van der Waals surface area contributed by atoms with Crippen LogP contribution in [0.25, 0.3) is 0 Å². The standard InChI is InChI=1S/C11H22N2O2/c1-3-8(2)10(12)11(14)13-9-5-4-6-15-7-9/h8-10H,3-7,12H2,1-2H3,(H,13,14)/t8?,9?,10-/m0/s1. The minimum absolute atomic E-state index is 0.0418. The Kier molecular flexibility index (Phi) is 5.05. The van der Waals surface area contributed by atoms with Crippen molar-refractivity contribution in [2.24, 2.45) is 11.7 Å². The lowest BCUT2D eigenvalue weighted by atomic mass is 9.99. The molecule has 0 bridgehead atoms. The van der Waals surface area contributed by atoms with Crippen LogP contribution in [0.5, 0.6) is 0 Å². The zero-order chi connectivity index (χ0) is 11.3. The molecule has 0 radical (unpaired) electrons. The first-order valence-corrected chi connectivity index (χ1v) is 5.78. The fourth-order valence-electron chi connectivity index (χ4n) is 1.66. The van der Waals surface area contributed by atoms with E-state index in [0.717, 1.165) is 25.9 Å². The molecule has 0 aromatic heterocycles. The summed E-state index contributed by atoms with van der Waals surface area (Å²) in [5.74, 6) is 0.189. The molecule has 1 aliphatic rings. The van der Waals surface area contributed by atoms with Gasteiger partial charge in [0.25, 0.3) is 0 Å². The second-order valence-corrected chi connectivity index (χ2v) is 4.33. The van der Waals surface area contributed by atoms with Crippen LogP contribution in [0.2, 0.25) is 0 Å². The van der Waals surface area contributed by atoms with Gasteiger partial charge in [0.05, 0.1) is 18.7 Å². The van der Waals surface area contributed by atoms with Gasteiger partial charge in [0, 0.05) is 6.61 Å². The molecule has 4 nitrogen and oxygen atoms in total. The lowest BCUT2D eigenvalue weighted by Crippen LogP contribution is -2.50. The van der Waals surface area contributed by atoms with Gasteiger partial charge in [-0.15, -0.1) is 0 Å². The number of carbonyl (C=O) groups is 1. The molecule has 1 saturated heterocycles. The van der Waals surface area contributed by atoms with E-state index in [1.54, 1.807) is 0 Å². The van der Waals surface area contributed by atoms with Crippen molar-refractivity contribution in [1.29, 1.82) is 0 Å². The molecule has 0 saturated carbocycles. The van der Waals surface area contributed by atoms with E-state index in [2.05, 4.69) is 5.32 Å². The molecular weight excluding hydrogens is 192 g/mol. The fraction of sp³-hybridized carbons (Fsp3) is 0.909. The summed E-state index contributed by atoms with van der Waals surface area (Å²) in [6.45, 7) is 5.48. The van der Waals surface area contributed by atoms with E-state index >= 15 is 0 Å². The molecule has 3 atom stereocenters. The number of amides is 1. The topological polar surface area (TPSA) is 64.4 Å². The van der Waals surface area contributed by atoms with Crippen LogP contribution >= 0.6 is 0 Å². The van der Waals surface area contributed by atoms with Gasteiger partial charge in [-0.3, -0.25) is 4.79 Å². The van der Waals surface area contributed by atoms with Crippen molar-refractivity contribution in [1.82, 2.24) is 5.32 Å². The molecule has 0 spiro atoms. The molecule has 2 unspecified atom stereocenters. The van der Waals surface area contributed by atoms with E-state index in [1.165, 1.54) is 0 Å². The second-order valence-electron chi connectivity index (χ2n) is 4.33. The largest absolute Gasteiger partial charge is 0.379 e. The highest BCUT2D eigenvalue weighted by molar-refractivity contribution is 5.82. The summed E-state index contributed by atoms with van der Waals surface area (Å²) in [6, 6.07) is -0.238. The Morgan fingerprint density at radius 1 is 1.67 bits per heavy atom. The summed E-state index contributed by atoms with van der Waals surface area (Å²) in [5, 5.41) is 2.94. The second kappa shape index (κ2) is 6.08. The lowest BCUT2D eigenvalue weighted by molar-refractivity contribution is -0.125. The zero-order valence-electron chi connectivity index (χ0n) is 9.66. The van der Waals surface area contributed by atoms with Gasteiger partial charge in [0.15, 0.2) is 0 Å². The molecule has 1 fully saturated rings. The molecule has 1 amide bonds. The number of carbonyl (C=O) groups excluding carboxylic acids is 1. The van der Waals surface area contributed by atoms with Crippen molar-refractivity contribution in [2.75, 3.05) is 13.2 Å². The fourth-order valence-corrected chi connectivity index (χ4v) is 1.66. The third kappa shape index (κ3) is 3.80. The third-order valence-electron chi connectivity index (χ3n) is 3.07. The number of hydrogen-bond donors (Lipinski definition) is 2. The van der Waals surface area contributed by atoms with Crippen LogP contribution in [0.15, 0.2) is 0 Å². The summed E-state index contributed by atoms with van der Waals surface area (Å²) >= 11 is 0. The van der Waals surface area contributed by atoms with E-state index in [-0.39, 0.29) is 17.9 Å². The normalized spacial score (nSPS) is 25.7. The average molecular weight is 214 g/mol. The monoisotopic (exact) mass is 214 g/mol. The summed E-state index contributed by atoms with van der Waals surface area (Å²) in [6.07, 6.45) is 2.94. The van der Waals surface area contributed by atoms with Crippen molar-refractivity contribution < 1.29 is 9.53 Å². The molecule has 0 aliphatic carbocycles. The molecule has 15 heavy (non-hydrogen) atoms. The van der Waals surface area contributed by atoms with E-state index in [1.807, 2.05) is 13.8 Å². The van der Waals surface area contributed by atoms with Gasteiger partial charge in [-0.25, -0.2) is 0 Å². The van der Waals surface area contributed by atoms with Crippen molar-refractivity contribution in [3.63, 3.8) is 0 Å². The predicted octanol–water partition coefficient (Wildman–Crippen LogP) is 0.655. The van der Waals surface area contributed by atoms with Gasteiger partial charge < -0.3 is 15.8 Å². The Labute approximate surface area is 91.5 Å². The van der Waals surface area contributed by atoms with Crippen LogP contribution in [-0.2, 0) is 9.53 Å².